The van der Waals surface area contributed by atoms with Gasteiger partial charge in [0.25, 0.3) is 5.91 Å². The van der Waals surface area contributed by atoms with Crippen molar-refractivity contribution in [2.45, 2.75) is 58.9 Å². The Hall–Kier alpha value is -1.13. The van der Waals surface area contributed by atoms with E-state index in [0.717, 1.165) is 56.8 Å². The molecule has 1 amide bonds. The van der Waals surface area contributed by atoms with Gasteiger partial charge in [0.1, 0.15) is 0 Å². The van der Waals surface area contributed by atoms with Crippen LogP contribution >= 0.6 is 11.3 Å². The quantitative estimate of drug-likeness (QED) is 0.835. The van der Waals surface area contributed by atoms with E-state index in [1.165, 1.54) is 22.4 Å². The summed E-state index contributed by atoms with van der Waals surface area (Å²) in [4.78, 5) is 16.6. The van der Waals surface area contributed by atoms with Gasteiger partial charge in [-0.25, -0.2) is 0 Å². The molecule has 1 atom stereocenters. The topological polar surface area (TPSA) is 32.3 Å². The van der Waals surface area contributed by atoms with E-state index in [1.54, 1.807) is 11.3 Å². The predicted molar refractivity (Wildman–Crippen MR) is 102 cm³/mol. The standard InChI is InChI=1S/C20H30N2OS/c1-14(2)6-9-22-10-7-16(8-11-22)21-20(23)18-13-24-19-12-15(3)4-5-17(18)19/h6,13,15-16H,4-5,7-12H2,1-3H3,(H,21,23). The number of piperidine rings is 1. The van der Waals surface area contributed by atoms with Gasteiger partial charge in [-0.05, 0) is 57.4 Å². The maximum atomic E-state index is 12.7. The Morgan fingerprint density at radius 1 is 1.33 bits per heavy atom. The molecular weight excluding hydrogens is 316 g/mol. The molecule has 1 aliphatic carbocycles. The second-order valence-electron chi connectivity index (χ2n) is 7.73. The van der Waals surface area contributed by atoms with Crippen molar-refractivity contribution in [1.82, 2.24) is 10.2 Å². The van der Waals surface area contributed by atoms with E-state index in [0.29, 0.717) is 6.04 Å². The van der Waals surface area contributed by atoms with Gasteiger partial charge in [0.05, 0.1) is 5.56 Å². The van der Waals surface area contributed by atoms with Gasteiger partial charge in [0.15, 0.2) is 0 Å². The van der Waals surface area contributed by atoms with E-state index in [4.69, 9.17) is 0 Å². The minimum atomic E-state index is 0.157. The highest BCUT2D eigenvalue weighted by molar-refractivity contribution is 7.10. The van der Waals surface area contributed by atoms with E-state index >= 15 is 0 Å². The van der Waals surface area contributed by atoms with Crippen LogP contribution in [-0.4, -0.2) is 36.5 Å². The van der Waals surface area contributed by atoms with Crippen LogP contribution in [0.15, 0.2) is 17.0 Å². The van der Waals surface area contributed by atoms with Crippen LogP contribution < -0.4 is 5.32 Å². The van der Waals surface area contributed by atoms with Crippen LogP contribution in [0.5, 0.6) is 0 Å². The van der Waals surface area contributed by atoms with Crippen LogP contribution in [0.25, 0.3) is 0 Å². The Balaban J connectivity index is 1.53. The number of fused-ring (bicyclic) bond motifs is 1. The summed E-state index contributed by atoms with van der Waals surface area (Å²) in [6.45, 7) is 9.80. The second kappa shape index (κ2) is 7.83. The molecule has 0 aromatic carbocycles. The molecule has 1 aromatic heterocycles. The van der Waals surface area contributed by atoms with Gasteiger partial charge in [-0.2, -0.15) is 0 Å². The normalized spacial score (nSPS) is 22.0. The van der Waals surface area contributed by atoms with Crippen LogP contribution in [0.2, 0.25) is 0 Å². The van der Waals surface area contributed by atoms with Crippen LogP contribution in [0.4, 0.5) is 0 Å². The number of thiophene rings is 1. The number of nitrogens with zero attached hydrogens (tertiary/aromatic N) is 1. The Morgan fingerprint density at radius 3 is 2.79 bits per heavy atom. The number of carbonyl (C=O) groups excluding carboxylic acids is 1. The van der Waals surface area contributed by atoms with Gasteiger partial charge in [0.2, 0.25) is 0 Å². The lowest BCUT2D eigenvalue weighted by Crippen LogP contribution is -2.44. The highest BCUT2D eigenvalue weighted by atomic mass is 32.1. The average molecular weight is 347 g/mol. The molecule has 1 aromatic rings. The van der Waals surface area contributed by atoms with Crippen LogP contribution in [0, 0.1) is 5.92 Å². The van der Waals surface area contributed by atoms with Crippen molar-refractivity contribution in [3.63, 3.8) is 0 Å². The first-order chi connectivity index (χ1) is 11.5. The molecule has 2 aliphatic rings. The Morgan fingerprint density at radius 2 is 2.08 bits per heavy atom. The summed E-state index contributed by atoms with van der Waals surface area (Å²) in [5, 5.41) is 5.38. The SMILES string of the molecule is CC(C)=CCN1CCC(NC(=O)c2csc3c2CCC(C)C3)CC1. The zero-order chi connectivity index (χ0) is 17.1. The minimum Gasteiger partial charge on any atom is -0.349 e. The molecule has 0 saturated carbocycles. The van der Waals surface area contributed by atoms with E-state index in [1.807, 2.05) is 0 Å². The first-order valence-corrected chi connectivity index (χ1v) is 10.2. The monoisotopic (exact) mass is 346 g/mol. The number of allylic oxidation sites excluding steroid dienone is 1. The molecule has 24 heavy (non-hydrogen) atoms. The molecular formula is C20H30N2OS. The summed E-state index contributed by atoms with van der Waals surface area (Å²) in [7, 11) is 0. The largest absolute Gasteiger partial charge is 0.349 e. The number of amides is 1. The summed E-state index contributed by atoms with van der Waals surface area (Å²) in [5.74, 6) is 0.919. The maximum Gasteiger partial charge on any atom is 0.252 e. The molecule has 3 nitrogen and oxygen atoms in total. The first-order valence-electron chi connectivity index (χ1n) is 9.28. The van der Waals surface area contributed by atoms with Gasteiger partial charge >= 0.3 is 0 Å². The highest BCUT2D eigenvalue weighted by Gasteiger charge is 2.25. The molecule has 4 heteroatoms. The van der Waals surface area contributed by atoms with Crippen molar-refractivity contribution in [2.24, 2.45) is 5.92 Å². The third-order valence-electron chi connectivity index (χ3n) is 5.33. The van der Waals surface area contributed by atoms with Gasteiger partial charge in [-0.15, -0.1) is 11.3 Å². The van der Waals surface area contributed by atoms with Gasteiger partial charge in [-0.1, -0.05) is 18.6 Å². The zero-order valence-corrected chi connectivity index (χ0v) is 16.0. The highest BCUT2D eigenvalue weighted by Crippen LogP contribution is 2.32. The van der Waals surface area contributed by atoms with Crippen LogP contribution in [0.3, 0.4) is 0 Å². The smallest absolute Gasteiger partial charge is 0.252 e. The minimum absolute atomic E-state index is 0.157. The second-order valence-corrected chi connectivity index (χ2v) is 8.69. The molecule has 132 valence electrons. The molecule has 0 spiro atoms. The van der Waals surface area contributed by atoms with Crippen molar-refractivity contribution in [2.75, 3.05) is 19.6 Å². The van der Waals surface area contributed by atoms with Crippen molar-refractivity contribution >= 4 is 17.2 Å². The average Bonchev–Trinajstić information content (AvgIpc) is 2.97. The predicted octanol–water partition coefficient (Wildman–Crippen LogP) is 4.03. The Kier molecular flexibility index (Phi) is 5.77. The number of carbonyl (C=O) groups is 1. The van der Waals surface area contributed by atoms with Crippen molar-refractivity contribution < 1.29 is 4.79 Å². The number of rotatable bonds is 4. The van der Waals surface area contributed by atoms with E-state index in [9.17, 15) is 4.79 Å². The fourth-order valence-electron chi connectivity index (χ4n) is 3.70. The summed E-state index contributed by atoms with van der Waals surface area (Å²) in [6, 6.07) is 0.332. The molecule has 1 aliphatic heterocycles. The molecule has 2 heterocycles. The molecule has 1 saturated heterocycles. The third kappa shape index (κ3) is 4.28. The molecule has 0 radical (unpaired) electrons. The third-order valence-corrected chi connectivity index (χ3v) is 6.38. The lowest BCUT2D eigenvalue weighted by atomic mass is 9.88. The lowest BCUT2D eigenvalue weighted by molar-refractivity contribution is 0.0913. The van der Waals surface area contributed by atoms with Crippen LogP contribution in [-0.2, 0) is 12.8 Å². The van der Waals surface area contributed by atoms with Crippen molar-refractivity contribution in [3.8, 4) is 0 Å². The van der Waals surface area contributed by atoms with E-state index in [-0.39, 0.29) is 5.91 Å². The number of hydrogen-bond acceptors (Lipinski definition) is 3. The first kappa shape index (κ1) is 17.7. The molecule has 1 N–H and O–H groups in total. The fraction of sp³-hybridized carbons (Fsp3) is 0.650. The summed E-state index contributed by atoms with van der Waals surface area (Å²) < 4.78 is 0. The number of hydrogen-bond donors (Lipinski definition) is 1. The lowest BCUT2D eigenvalue weighted by Gasteiger charge is -2.31. The van der Waals surface area contributed by atoms with Gasteiger partial charge < -0.3 is 5.32 Å². The Labute approximate surface area is 150 Å². The van der Waals surface area contributed by atoms with Crippen LogP contribution in [0.1, 0.15) is 60.8 Å². The van der Waals surface area contributed by atoms with Gasteiger partial charge in [0, 0.05) is 35.9 Å². The maximum absolute atomic E-state index is 12.7. The fourth-order valence-corrected chi connectivity index (χ4v) is 4.95. The van der Waals surface area contributed by atoms with Gasteiger partial charge in [-0.3, -0.25) is 9.69 Å². The van der Waals surface area contributed by atoms with Crippen molar-refractivity contribution in [3.05, 3.63) is 33.0 Å². The summed E-state index contributed by atoms with van der Waals surface area (Å²) in [6.07, 6.45) is 7.85. The molecule has 1 unspecified atom stereocenters. The van der Waals surface area contributed by atoms with E-state index in [2.05, 4.69) is 42.4 Å². The molecule has 3 rings (SSSR count). The Bertz CT molecular complexity index is 607. The molecule has 1 fully saturated rings. The number of nitrogens with one attached hydrogen (secondary N) is 1. The zero-order valence-electron chi connectivity index (χ0n) is 15.2. The molecule has 0 bridgehead atoms. The summed E-state index contributed by atoms with van der Waals surface area (Å²) in [5.41, 5.74) is 3.66. The summed E-state index contributed by atoms with van der Waals surface area (Å²) >= 11 is 1.78. The van der Waals surface area contributed by atoms with E-state index < -0.39 is 0 Å². The van der Waals surface area contributed by atoms with Crippen molar-refractivity contribution in [1.29, 1.82) is 0 Å². The number of likely N-dealkylation sites (tertiary alicyclic amines) is 1.